The Bertz CT molecular complexity index is 130. The lowest BCUT2D eigenvalue weighted by Gasteiger charge is -2.10. The van der Waals surface area contributed by atoms with Crippen LogP contribution in [0.4, 0.5) is 0 Å². The number of nitrogens with one attached hydrogen (secondary N) is 2. The van der Waals surface area contributed by atoms with E-state index in [0.717, 1.165) is 12.5 Å². The van der Waals surface area contributed by atoms with Gasteiger partial charge in [0.15, 0.2) is 5.96 Å². The van der Waals surface area contributed by atoms with Gasteiger partial charge in [-0.2, -0.15) is 0 Å². The molecule has 4 N–H and O–H groups in total. The molecule has 0 saturated heterocycles. The first-order valence-electron chi connectivity index (χ1n) is 3.84. The fraction of sp³-hybridized carbons (Fsp3) is 0.833. The Morgan fingerprint density at radius 2 is 2.08 bits per heavy atom. The van der Waals surface area contributed by atoms with Gasteiger partial charge in [0.05, 0.1) is 0 Å². The Kier molecular flexibility index (Phi) is 6.73. The molecule has 0 rings (SSSR count). The Morgan fingerprint density at radius 1 is 1.50 bits per heavy atom. The van der Waals surface area contributed by atoms with Gasteiger partial charge in [-0.05, 0) is 12.5 Å². The van der Waals surface area contributed by atoms with Crippen molar-refractivity contribution in [3.05, 3.63) is 0 Å². The third-order valence-corrected chi connectivity index (χ3v) is 3.39. The highest BCUT2D eigenvalue weighted by Gasteiger charge is 2.07. The Balaban J connectivity index is 3.23. The number of hydrogen-bond acceptors (Lipinski definition) is 3. The van der Waals surface area contributed by atoms with Crippen LogP contribution < -0.4 is 11.1 Å². The van der Waals surface area contributed by atoms with Crippen molar-refractivity contribution in [1.82, 2.24) is 5.32 Å². The van der Waals surface area contributed by atoms with E-state index in [0.29, 0.717) is 6.54 Å². The SMILES string of the molecule is CO[SiH](CCCNC(=N)N)OC. The zero-order valence-corrected chi connectivity index (χ0v) is 8.75. The minimum absolute atomic E-state index is 0.0167. The standard InChI is InChI=1S/C6H17N3O2Si/c1-10-12(11-2)5-3-4-9-6(7)8/h12H,3-5H2,1-2H3,(H4,7,8,9). The molecular formula is C6H17N3O2Si. The highest BCUT2D eigenvalue weighted by atomic mass is 28.3. The molecule has 0 aromatic carbocycles. The number of guanidine groups is 1. The Hall–Kier alpha value is -0.593. The van der Waals surface area contributed by atoms with Crippen LogP contribution in [0, 0.1) is 5.41 Å². The summed E-state index contributed by atoms with van der Waals surface area (Å²) >= 11 is 0. The summed E-state index contributed by atoms with van der Waals surface area (Å²) in [6.07, 6.45) is 0.929. The first-order valence-corrected chi connectivity index (χ1v) is 5.60. The molecule has 5 nitrogen and oxygen atoms in total. The third-order valence-electron chi connectivity index (χ3n) is 1.46. The van der Waals surface area contributed by atoms with E-state index in [-0.39, 0.29) is 5.96 Å². The smallest absolute Gasteiger partial charge is 0.320 e. The average molecular weight is 191 g/mol. The molecule has 0 aromatic rings. The second-order valence-electron chi connectivity index (χ2n) is 2.38. The molecule has 0 amide bonds. The van der Waals surface area contributed by atoms with E-state index in [2.05, 4.69) is 5.32 Å². The van der Waals surface area contributed by atoms with Crippen molar-refractivity contribution in [3.63, 3.8) is 0 Å². The van der Waals surface area contributed by atoms with Gasteiger partial charge in [-0.1, -0.05) is 0 Å². The summed E-state index contributed by atoms with van der Waals surface area (Å²) in [6, 6.07) is 0.938. The van der Waals surface area contributed by atoms with Gasteiger partial charge in [0.25, 0.3) is 0 Å². The maximum Gasteiger partial charge on any atom is 0.320 e. The third kappa shape index (κ3) is 6.14. The zero-order valence-electron chi connectivity index (χ0n) is 7.59. The van der Waals surface area contributed by atoms with Crippen LogP contribution in [-0.2, 0) is 8.85 Å². The van der Waals surface area contributed by atoms with E-state index < -0.39 is 9.28 Å². The lowest BCUT2D eigenvalue weighted by Crippen LogP contribution is -2.31. The molecule has 72 valence electrons. The lowest BCUT2D eigenvalue weighted by atomic mass is 10.5. The van der Waals surface area contributed by atoms with E-state index in [9.17, 15) is 0 Å². The molecule has 0 aliphatic rings. The van der Waals surface area contributed by atoms with Crippen molar-refractivity contribution in [3.8, 4) is 0 Å². The van der Waals surface area contributed by atoms with Gasteiger partial charge >= 0.3 is 9.28 Å². The zero-order chi connectivity index (χ0) is 9.40. The van der Waals surface area contributed by atoms with Gasteiger partial charge in [0.1, 0.15) is 0 Å². The summed E-state index contributed by atoms with van der Waals surface area (Å²) in [7, 11) is 1.92. The minimum atomic E-state index is -1.41. The summed E-state index contributed by atoms with van der Waals surface area (Å²) in [5.74, 6) is 0.0167. The largest absolute Gasteiger partial charge is 0.400 e. The van der Waals surface area contributed by atoms with Crippen LogP contribution in [0.2, 0.25) is 6.04 Å². The monoisotopic (exact) mass is 191 g/mol. The molecule has 12 heavy (non-hydrogen) atoms. The van der Waals surface area contributed by atoms with Crippen molar-refractivity contribution in [2.75, 3.05) is 20.8 Å². The van der Waals surface area contributed by atoms with Crippen molar-refractivity contribution in [2.45, 2.75) is 12.5 Å². The second-order valence-corrected chi connectivity index (χ2v) is 4.76. The van der Waals surface area contributed by atoms with E-state index in [4.69, 9.17) is 20.0 Å². The first-order chi connectivity index (χ1) is 5.70. The molecule has 0 atom stereocenters. The molecule has 0 radical (unpaired) electrons. The van der Waals surface area contributed by atoms with Crippen LogP contribution in [0.1, 0.15) is 6.42 Å². The molecule has 0 aliphatic heterocycles. The molecule has 0 unspecified atom stereocenters. The van der Waals surface area contributed by atoms with Crippen LogP contribution in [0.25, 0.3) is 0 Å². The second kappa shape index (κ2) is 7.08. The molecule has 0 fully saturated rings. The van der Waals surface area contributed by atoms with Crippen LogP contribution in [0.3, 0.4) is 0 Å². The minimum Gasteiger partial charge on any atom is -0.400 e. The molecular weight excluding hydrogens is 174 g/mol. The van der Waals surface area contributed by atoms with E-state index in [1.807, 2.05) is 0 Å². The van der Waals surface area contributed by atoms with Gasteiger partial charge in [-0.25, -0.2) is 0 Å². The summed E-state index contributed by atoms with van der Waals surface area (Å²) < 4.78 is 10.2. The maximum absolute atomic E-state index is 6.89. The number of hydrogen-bond donors (Lipinski definition) is 3. The summed E-state index contributed by atoms with van der Waals surface area (Å²) in [5.41, 5.74) is 5.10. The average Bonchev–Trinajstić information content (AvgIpc) is 2.04. The normalized spacial score (nSPS) is 10.2. The fourth-order valence-electron chi connectivity index (χ4n) is 0.824. The molecule has 0 aromatic heterocycles. The Labute approximate surface area is 74.6 Å². The molecule has 0 aliphatic carbocycles. The first kappa shape index (κ1) is 11.4. The number of nitrogens with two attached hydrogens (primary N) is 1. The fourth-order valence-corrected chi connectivity index (χ4v) is 2.03. The van der Waals surface area contributed by atoms with Crippen molar-refractivity contribution >= 4 is 15.2 Å². The van der Waals surface area contributed by atoms with Gasteiger partial charge < -0.3 is 19.9 Å². The molecule has 0 bridgehead atoms. The van der Waals surface area contributed by atoms with Gasteiger partial charge in [0.2, 0.25) is 0 Å². The highest BCUT2D eigenvalue weighted by molar-refractivity contribution is 6.44. The van der Waals surface area contributed by atoms with Gasteiger partial charge in [-0.15, -0.1) is 0 Å². The number of rotatable bonds is 6. The van der Waals surface area contributed by atoms with Crippen LogP contribution in [0.15, 0.2) is 0 Å². The predicted molar refractivity (Wildman–Crippen MR) is 50.5 cm³/mol. The summed E-state index contributed by atoms with van der Waals surface area (Å²) in [4.78, 5) is 0. The molecule has 0 spiro atoms. The van der Waals surface area contributed by atoms with Crippen LogP contribution >= 0.6 is 0 Å². The van der Waals surface area contributed by atoms with Crippen molar-refractivity contribution < 1.29 is 8.85 Å². The quantitative estimate of drug-likeness (QED) is 0.226. The van der Waals surface area contributed by atoms with E-state index in [1.165, 1.54) is 0 Å². The van der Waals surface area contributed by atoms with E-state index >= 15 is 0 Å². The summed E-state index contributed by atoms with van der Waals surface area (Å²) in [5, 5.41) is 9.61. The van der Waals surface area contributed by atoms with Crippen molar-refractivity contribution in [2.24, 2.45) is 5.73 Å². The molecule has 0 saturated carbocycles. The molecule has 6 heteroatoms. The van der Waals surface area contributed by atoms with Crippen molar-refractivity contribution in [1.29, 1.82) is 5.41 Å². The van der Waals surface area contributed by atoms with E-state index in [1.54, 1.807) is 14.2 Å². The maximum atomic E-state index is 6.89. The van der Waals surface area contributed by atoms with Gasteiger partial charge in [0, 0.05) is 20.8 Å². The Morgan fingerprint density at radius 3 is 2.50 bits per heavy atom. The van der Waals surface area contributed by atoms with Crippen LogP contribution in [0.5, 0.6) is 0 Å². The topological polar surface area (TPSA) is 80.4 Å². The van der Waals surface area contributed by atoms with Crippen LogP contribution in [-0.4, -0.2) is 36.0 Å². The molecule has 0 heterocycles. The summed E-state index contributed by atoms with van der Waals surface area (Å²) in [6.45, 7) is 0.714. The van der Waals surface area contributed by atoms with Gasteiger partial charge in [-0.3, -0.25) is 5.41 Å². The highest BCUT2D eigenvalue weighted by Crippen LogP contribution is 1.97. The lowest BCUT2D eigenvalue weighted by molar-refractivity contribution is 0.276. The predicted octanol–water partition coefficient (Wildman–Crippen LogP) is -0.627.